The summed E-state index contributed by atoms with van der Waals surface area (Å²) in [7, 11) is 0. The molecule has 1 aliphatic heterocycles. The Hall–Kier alpha value is -3.26. The molecule has 1 aromatic heterocycles. The molecule has 1 N–H and O–H groups in total. The van der Waals surface area contributed by atoms with Crippen LogP contribution in [0.5, 0.6) is 5.75 Å². The number of hydrogen-bond acceptors (Lipinski definition) is 7. The molecule has 2 aromatic carbocycles. The number of nitrogens with one attached hydrogen (secondary N) is 1. The van der Waals surface area contributed by atoms with E-state index in [1.54, 1.807) is 23.4 Å². The molecule has 1 unspecified atom stereocenters. The summed E-state index contributed by atoms with van der Waals surface area (Å²) in [4.78, 5) is 17.6. The van der Waals surface area contributed by atoms with E-state index in [1.807, 2.05) is 56.3 Å². The predicted molar refractivity (Wildman–Crippen MR) is 125 cm³/mol. The van der Waals surface area contributed by atoms with Gasteiger partial charge < -0.3 is 14.8 Å². The number of ether oxygens (including phenoxy) is 2. The number of nitrogens with zero attached hydrogens (tertiary/aromatic N) is 3. The third kappa shape index (κ3) is 4.65. The van der Waals surface area contributed by atoms with E-state index in [4.69, 9.17) is 14.6 Å². The van der Waals surface area contributed by atoms with Gasteiger partial charge in [-0.2, -0.15) is 4.98 Å². The maximum Gasteiger partial charge on any atom is 0.338 e. The number of aromatic nitrogens is 3. The lowest BCUT2D eigenvalue weighted by Crippen LogP contribution is -2.29. The van der Waals surface area contributed by atoms with Crippen LogP contribution in [0.4, 0.5) is 5.95 Å². The van der Waals surface area contributed by atoms with Crippen molar-refractivity contribution >= 4 is 23.7 Å². The summed E-state index contributed by atoms with van der Waals surface area (Å²) in [5, 5.41) is 8.62. The van der Waals surface area contributed by atoms with Gasteiger partial charge in [-0.3, -0.25) is 0 Å². The van der Waals surface area contributed by atoms with Crippen molar-refractivity contribution in [2.45, 2.75) is 37.7 Å². The summed E-state index contributed by atoms with van der Waals surface area (Å²) in [5.74, 6) is 1.72. The van der Waals surface area contributed by atoms with E-state index < -0.39 is 6.04 Å². The molecule has 2 heterocycles. The van der Waals surface area contributed by atoms with Crippen LogP contribution in [-0.4, -0.2) is 33.9 Å². The molecular formula is C24H26N4O3S. The second kappa shape index (κ2) is 9.91. The highest BCUT2D eigenvalue weighted by Crippen LogP contribution is 2.38. The van der Waals surface area contributed by atoms with Crippen LogP contribution in [0.2, 0.25) is 0 Å². The predicted octanol–water partition coefficient (Wildman–Crippen LogP) is 4.82. The summed E-state index contributed by atoms with van der Waals surface area (Å²) in [6.45, 7) is 6.46. The van der Waals surface area contributed by atoms with Crippen molar-refractivity contribution in [1.82, 2.24) is 14.8 Å². The first-order valence-corrected chi connectivity index (χ1v) is 11.6. The number of rotatable bonds is 8. The molecule has 0 fully saturated rings. The molecule has 3 aromatic rings. The van der Waals surface area contributed by atoms with Crippen molar-refractivity contribution in [2.75, 3.05) is 18.5 Å². The van der Waals surface area contributed by atoms with Crippen LogP contribution in [-0.2, 0) is 15.3 Å². The Labute approximate surface area is 191 Å². The Morgan fingerprint density at radius 1 is 1.12 bits per heavy atom. The number of carbonyl (C=O) groups excluding carboxylic acids is 1. The number of thioether (sulfide) groups is 1. The van der Waals surface area contributed by atoms with E-state index in [0.29, 0.717) is 35.6 Å². The molecule has 1 atom stereocenters. The van der Waals surface area contributed by atoms with Gasteiger partial charge in [0.15, 0.2) is 0 Å². The summed E-state index contributed by atoms with van der Waals surface area (Å²) in [5.41, 5.74) is 3.29. The average molecular weight is 451 g/mol. The van der Waals surface area contributed by atoms with Gasteiger partial charge in [-0.05, 0) is 44.0 Å². The van der Waals surface area contributed by atoms with Crippen LogP contribution >= 0.6 is 11.8 Å². The van der Waals surface area contributed by atoms with E-state index in [-0.39, 0.29) is 5.97 Å². The van der Waals surface area contributed by atoms with Gasteiger partial charge in [-0.1, -0.05) is 54.2 Å². The Bertz CT molecular complexity index is 1130. The molecule has 8 heteroatoms. The molecule has 0 amide bonds. The number of benzene rings is 2. The maximum absolute atomic E-state index is 12.9. The topological polar surface area (TPSA) is 78.3 Å². The molecule has 4 rings (SSSR count). The fraction of sp³-hybridized carbons (Fsp3) is 0.292. The number of hydrogen-bond donors (Lipinski definition) is 1. The number of allylic oxidation sites excluding steroid dienone is 1. The lowest BCUT2D eigenvalue weighted by molar-refractivity contribution is -0.139. The van der Waals surface area contributed by atoms with E-state index in [0.717, 1.165) is 17.1 Å². The maximum atomic E-state index is 12.9. The molecule has 0 spiro atoms. The second-order valence-electron chi connectivity index (χ2n) is 7.23. The molecule has 7 nitrogen and oxygen atoms in total. The Kier molecular flexibility index (Phi) is 6.80. The average Bonchev–Trinajstić information content (AvgIpc) is 3.20. The molecule has 166 valence electrons. The summed E-state index contributed by atoms with van der Waals surface area (Å²) in [6, 6.07) is 17.4. The molecule has 0 saturated carbocycles. The fourth-order valence-electron chi connectivity index (χ4n) is 3.64. The lowest BCUT2D eigenvalue weighted by Gasteiger charge is -2.28. The van der Waals surface area contributed by atoms with Crippen molar-refractivity contribution < 1.29 is 14.3 Å². The first kappa shape index (κ1) is 22.0. The van der Waals surface area contributed by atoms with Crippen molar-refractivity contribution in [3.63, 3.8) is 0 Å². The zero-order chi connectivity index (χ0) is 22.5. The normalized spacial score (nSPS) is 15.2. The third-order valence-electron chi connectivity index (χ3n) is 5.02. The zero-order valence-corrected chi connectivity index (χ0v) is 19.2. The first-order chi connectivity index (χ1) is 15.6. The zero-order valence-electron chi connectivity index (χ0n) is 18.4. The molecule has 0 aliphatic carbocycles. The van der Waals surface area contributed by atoms with Crippen LogP contribution in [0.25, 0.3) is 0 Å². The van der Waals surface area contributed by atoms with Crippen molar-refractivity contribution in [2.24, 2.45) is 0 Å². The van der Waals surface area contributed by atoms with Gasteiger partial charge >= 0.3 is 5.97 Å². The van der Waals surface area contributed by atoms with Crippen LogP contribution < -0.4 is 10.1 Å². The smallest absolute Gasteiger partial charge is 0.338 e. The largest absolute Gasteiger partial charge is 0.494 e. The molecule has 32 heavy (non-hydrogen) atoms. The molecule has 0 saturated heterocycles. The standard InChI is InChI=1S/C24H26N4O3S/c1-4-30-19-13-9-12-18(14-19)21-20(22(29)31-5-2)16(3)25-23-26-24(27-28(21)23)32-15-17-10-7-6-8-11-17/h6-14,21H,4-5,15H2,1-3H3,(H,25,26,27). The Morgan fingerprint density at radius 2 is 1.94 bits per heavy atom. The summed E-state index contributed by atoms with van der Waals surface area (Å²) in [6.07, 6.45) is 0. The Morgan fingerprint density at radius 3 is 2.69 bits per heavy atom. The number of carbonyl (C=O) groups is 1. The van der Waals surface area contributed by atoms with Gasteiger partial charge in [0.1, 0.15) is 11.8 Å². The monoisotopic (exact) mass is 450 g/mol. The highest BCUT2D eigenvalue weighted by molar-refractivity contribution is 7.98. The van der Waals surface area contributed by atoms with Gasteiger partial charge in [-0.15, -0.1) is 5.10 Å². The Balaban J connectivity index is 1.71. The molecular weight excluding hydrogens is 424 g/mol. The van der Waals surface area contributed by atoms with Crippen LogP contribution in [0.3, 0.4) is 0 Å². The SMILES string of the molecule is CCOC(=O)C1=C(C)Nc2nc(SCc3ccccc3)nn2C1c1cccc(OCC)c1. The highest BCUT2D eigenvalue weighted by atomic mass is 32.2. The quantitative estimate of drug-likeness (QED) is 0.389. The minimum atomic E-state index is -0.468. The minimum absolute atomic E-state index is 0.295. The van der Waals surface area contributed by atoms with Crippen LogP contribution in [0, 0.1) is 0 Å². The highest BCUT2D eigenvalue weighted by Gasteiger charge is 2.35. The first-order valence-electron chi connectivity index (χ1n) is 10.6. The second-order valence-corrected chi connectivity index (χ2v) is 8.17. The van der Waals surface area contributed by atoms with E-state index in [2.05, 4.69) is 22.4 Å². The van der Waals surface area contributed by atoms with Crippen molar-refractivity contribution in [3.8, 4) is 5.75 Å². The lowest BCUT2D eigenvalue weighted by atomic mass is 9.95. The molecule has 1 aliphatic rings. The fourth-order valence-corrected chi connectivity index (χ4v) is 4.42. The van der Waals surface area contributed by atoms with Gasteiger partial charge in [0.25, 0.3) is 0 Å². The van der Waals surface area contributed by atoms with Gasteiger partial charge in [0.2, 0.25) is 11.1 Å². The minimum Gasteiger partial charge on any atom is -0.494 e. The summed E-state index contributed by atoms with van der Waals surface area (Å²) < 4.78 is 12.8. The van der Waals surface area contributed by atoms with E-state index in [1.165, 1.54) is 5.56 Å². The number of fused-ring (bicyclic) bond motifs is 1. The number of anilines is 1. The number of esters is 1. The van der Waals surface area contributed by atoms with E-state index >= 15 is 0 Å². The van der Waals surface area contributed by atoms with Crippen molar-refractivity contribution in [1.29, 1.82) is 0 Å². The molecule has 0 bridgehead atoms. The van der Waals surface area contributed by atoms with Gasteiger partial charge in [0.05, 0.1) is 18.8 Å². The van der Waals surface area contributed by atoms with Crippen LogP contribution in [0.15, 0.2) is 71.0 Å². The van der Waals surface area contributed by atoms with Gasteiger partial charge in [0, 0.05) is 11.4 Å². The van der Waals surface area contributed by atoms with Crippen molar-refractivity contribution in [3.05, 3.63) is 77.0 Å². The summed E-state index contributed by atoms with van der Waals surface area (Å²) >= 11 is 1.55. The van der Waals surface area contributed by atoms with E-state index in [9.17, 15) is 4.79 Å². The van der Waals surface area contributed by atoms with Crippen LogP contribution in [0.1, 0.15) is 37.9 Å². The molecule has 0 radical (unpaired) electrons. The third-order valence-corrected chi connectivity index (χ3v) is 5.93. The van der Waals surface area contributed by atoms with Gasteiger partial charge in [-0.25, -0.2) is 9.48 Å².